The molecule has 2 saturated heterocycles. The van der Waals surface area contributed by atoms with Crippen LogP contribution in [0.4, 0.5) is 0 Å². The first-order valence-corrected chi connectivity index (χ1v) is 10.5. The molecule has 1 aromatic heterocycles. The lowest BCUT2D eigenvalue weighted by Crippen LogP contribution is -2.40. The Balaban J connectivity index is 1.75. The van der Waals surface area contributed by atoms with E-state index in [1.807, 2.05) is 13.8 Å². The smallest absolute Gasteiger partial charge is 0.252 e. The summed E-state index contributed by atoms with van der Waals surface area (Å²) in [7, 11) is 0. The van der Waals surface area contributed by atoms with Gasteiger partial charge in [0, 0.05) is 42.4 Å². The summed E-state index contributed by atoms with van der Waals surface area (Å²) in [5.74, 6) is 6.96. The average molecular weight is 422 g/mol. The first-order chi connectivity index (χ1) is 14.9. The number of benzene rings is 1. The minimum atomic E-state index is -0.576. The SMILES string of the molecule is CC(C)Oc1cc2c(OCC3CCC(=O)N3)ncc(C#CC3CNC3)c2cc1C(N)=O. The summed E-state index contributed by atoms with van der Waals surface area (Å²) < 4.78 is 11.8. The molecule has 0 bridgehead atoms. The van der Waals surface area contributed by atoms with E-state index in [-0.39, 0.29) is 23.6 Å². The molecule has 1 atom stereocenters. The molecule has 4 N–H and O–H groups in total. The zero-order chi connectivity index (χ0) is 22.0. The van der Waals surface area contributed by atoms with Crippen LogP contribution in [0.15, 0.2) is 18.3 Å². The third kappa shape index (κ3) is 4.72. The Morgan fingerprint density at radius 3 is 2.74 bits per heavy atom. The van der Waals surface area contributed by atoms with E-state index < -0.39 is 5.91 Å². The molecule has 2 aliphatic rings. The molecule has 31 heavy (non-hydrogen) atoms. The molecular formula is C23H26N4O4. The van der Waals surface area contributed by atoms with E-state index in [1.54, 1.807) is 18.3 Å². The van der Waals surface area contributed by atoms with E-state index in [1.165, 1.54) is 0 Å². The van der Waals surface area contributed by atoms with Crippen LogP contribution in [0.5, 0.6) is 11.6 Å². The van der Waals surface area contributed by atoms with Crippen LogP contribution >= 0.6 is 0 Å². The fourth-order valence-corrected chi connectivity index (χ4v) is 3.55. The number of primary amides is 1. The Morgan fingerprint density at radius 2 is 2.13 bits per heavy atom. The Morgan fingerprint density at radius 1 is 1.32 bits per heavy atom. The summed E-state index contributed by atoms with van der Waals surface area (Å²) in [6, 6.07) is 3.39. The molecule has 2 aliphatic heterocycles. The zero-order valence-corrected chi connectivity index (χ0v) is 17.7. The highest BCUT2D eigenvalue weighted by molar-refractivity contribution is 6.03. The van der Waals surface area contributed by atoms with Gasteiger partial charge >= 0.3 is 0 Å². The number of rotatable bonds is 6. The molecule has 162 valence electrons. The van der Waals surface area contributed by atoms with Crippen molar-refractivity contribution in [3.8, 4) is 23.5 Å². The number of nitrogens with two attached hydrogens (primary N) is 1. The number of nitrogens with zero attached hydrogens (tertiary/aromatic N) is 1. The fraction of sp³-hybridized carbons (Fsp3) is 0.435. The zero-order valence-electron chi connectivity index (χ0n) is 17.7. The Bertz CT molecular complexity index is 1080. The van der Waals surface area contributed by atoms with Crippen LogP contribution in [-0.4, -0.2) is 48.6 Å². The normalized spacial score (nSPS) is 18.3. The van der Waals surface area contributed by atoms with Crippen LogP contribution < -0.4 is 25.8 Å². The van der Waals surface area contributed by atoms with E-state index in [0.29, 0.717) is 41.5 Å². The molecule has 4 rings (SSSR count). The predicted molar refractivity (Wildman–Crippen MR) is 116 cm³/mol. The van der Waals surface area contributed by atoms with Crippen LogP contribution in [0.25, 0.3) is 10.8 Å². The molecule has 2 fully saturated rings. The van der Waals surface area contributed by atoms with Gasteiger partial charge in [0.1, 0.15) is 12.4 Å². The number of fused-ring (bicyclic) bond motifs is 1. The molecule has 0 radical (unpaired) electrons. The number of hydrogen-bond donors (Lipinski definition) is 3. The first kappa shape index (κ1) is 20.9. The molecule has 2 aromatic rings. The maximum Gasteiger partial charge on any atom is 0.252 e. The summed E-state index contributed by atoms with van der Waals surface area (Å²) in [5.41, 5.74) is 6.61. The second kappa shape index (κ2) is 8.82. The number of hydrogen-bond acceptors (Lipinski definition) is 6. The highest BCUT2D eigenvalue weighted by atomic mass is 16.5. The Labute approximate surface area is 180 Å². The third-order valence-electron chi connectivity index (χ3n) is 5.28. The number of carbonyl (C=O) groups excluding carboxylic acids is 2. The van der Waals surface area contributed by atoms with Crippen molar-refractivity contribution in [2.24, 2.45) is 11.7 Å². The summed E-state index contributed by atoms with van der Waals surface area (Å²) in [5, 5.41) is 7.49. The number of carbonyl (C=O) groups is 2. The quantitative estimate of drug-likeness (QED) is 0.606. The lowest BCUT2D eigenvalue weighted by atomic mass is 10.0. The molecule has 0 aliphatic carbocycles. The van der Waals surface area contributed by atoms with Gasteiger partial charge in [-0.25, -0.2) is 4.98 Å². The van der Waals surface area contributed by atoms with Crippen molar-refractivity contribution in [1.82, 2.24) is 15.6 Å². The van der Waals surface area contributed by atoms with E-state index in [2.05, 4.69) is 27.5 Å². The molecule has 3 heterocycles. The van der Waals surface area contributed by atoms with E-state index in [4.69, 9.17) is 15.2 Å². The molecule has 1 aromatic carbocycles. The van der Waals surface area contributed by atoms with Crippen LogP contribution in [-0.2, 0) is 4.79 Å². The maximum absolute atomic E-state index is 12.1. The standard InChI is InChI=1S/C23H26N4O4/c1-13(2)31-20-8-18-17(7-19(20)22(24)29)15(4-3-14-9-25-10-14)11-26-23(18)30-12-16-5-6-21(28)27-16/h7-8,11,13-14,16,25H,5-6,9-10,12H2,1-2H3,(H2,24,29)(H,27,28). The number of amides is 2. The molecule has 1 unspecified atom stereocenters. The maximum atomic E-state index is 12.1. The Hall–Kier alpha value is -3.31. The number of ether oxygens (including phenoxy) is 2. The molecule has 8 heteroatoms. The highest BCUT2D eigenvalue weighted by Gasteiger charge is 2.23. The molecule has 0 spiro atoms. The van der Waals surface area contributed by atoms with Crippen molar-refractivity contribution in [3.05, 3.63) is 29.5 Å². The van der Waals surface area contributed by atoms with Gasteiger partial charge in [-0.2, -0.15) is 0 Å². The van der Waals surface area contributed by atoms with Crippen molar-refractivity contribution >= 4 is 22.6 Å². The second-order valence-electron chi connectivity index (χ2n) is 8.14. The average Bonchev–Trinajstić information content (AvgIpc) is 3.10. The minimum absolute atomic E-state index is 0.0289. The van der Waals surface area contributed by atoms with Gasteiger partial charge in [0.05, 0.1) is 23.3 Å². The largest absolute Gasteiger partial charge is 0.490 e. The van der Waals surface area contributed by atoms with Crippen LogP contribution in [0.1, 0.15) is 42.6 Å². The molecular weight excluding hydrogens is 396 g/mol. The van der Waals surface area contributed by atoms with Gasteiger partial charge in [0.15, 0.2) is 0 Å². The number of pyridine rings is 1. The van der Waals surface area contributed by atoms with Crippen molar-refractivity contribution in [3.63, 3.8) is 0 Å². The number of nitrogens with one attached hydrogen (secondary N) is 2. The summed E-state index contributed by atoms with van der Waals surface area (Å²) in [4.78, 5) is 28.0. The van der Waals surface area contributed by atoms with Crippen molar-refractivity contribution in [1.29, 1.82) is 0 Å². The lowest BCUT2D eigenvalue weighted by molar-refractivity contribution is -0.119. The monoisotopic (exact) mass is 422 g/mol. The van der Waals surface area contributed by atoms with E-state index in [0.717, 1.165) is 24.9 Å². The van der Waals surface area contributed by atoms with Crippen molar-refractivity contribution < 1.29 is 19.1 Å². The molecule has 8 nitrogen and oxygen atoms in total. The highest BCUT2D eigenvalue weighted by Crippen LogP contribution is 2.33. The van der Waals surface area contributed by atoms with Crippen LogP contribution in [0.3, 0.4) is 0 Å². The topological polar surface area (TPSA) is 116 Å². The van der Waals surface area contributed by atoms with E-state index >= 15 is 0 Å². The van der Waals surface area contributed by atoms with E-state index in [9.17, 15) is 9.59 Å². The summed E-state index contributed by atoms with van der Waals surface area (Å²) >= 11 is 0. The minimum Gasteiger partial charge on any atom is -0.490 e. The van der Waals surface area contributed by atoms with Gasteiger partial charge in [-0.3, -0.25) is 9.59 Å². The van der Waals surface area contributed by atoms with Crippen molar-refractivity contribution in [2.45, 2.75) is 38.8 Å². The molecule has 2 amide bonds. The van der Waals surface area contributed by atoms with Crippen LogP contribution in [0.2, 0.25) is 0 Å². The third-order valence-corrected chi connectivity index (χ3v) is 5.28. The van der Waals surface area contributed by atoms with Crippen molar-refractivity contribution in [2.75, 3.05) is 19.7 Å². The lowest BCUT2D eigenvalue weighted by Gasteiger charge is -2.21. The van der Waals surface area contributed by atoms with Gasteiger partial charge in [0.25, 0.3) is 5.91 Å². The number of aromatic nitrogens is 1. The Kier molecular flexibility index (Phi) is 5.96. The molecule has 0 saturated carbocycles. The van der Waals surface area contributed by atoms with Gasteiger partial charge < -0.3 is 25.8 Å². The first-order valence-electron chi connectivity index (χ1n) is 10.5. The fourth-order valence-electron chi connectivity index (χ4n) is 3.55. The second-order valence-corrected chi connectivity index (χ2v) is 8.14. The van der Waals surface area contributed by atoms with Gasteiger partial charge in [0.2, 0.25) is 11.8 Å². The van der Waals surface area contributed by atoms with Crippen LogP contribution in [0, 0.1) is 17.8 Å². The van der Waals surface area contributed by atoms with Gasteiger partial charge in [-0.1, -0.05) is 11.8 Å². The summed E-state index contributed by atoms with van der Waals surface area (Å²) in [6.45, 7) is 5.80. The predicted octanol–water partition coefficient (Wildman–Crippen LogP) is 1.35. The van der Waals surface area contributed by atoms with Gasteiger partial charge in [-0.15, -0.1) is 0 Å². The summed E-state index contributed by atoms with van der Waals surface area (Å²) in [6.07, 6.45) is 2.73. The van der Waals surface area contributed by atoms with Gasteiger partial charge in [-0.05, 0) is 32.4 Å².